The van der Waals surface area contributed by atoms with Crippen LogP contribution in [-0.2, 0) is 6.18 Å². The average molecular weight is 433 g/mol. The molecular formula is C20H15F4N5O2. The lowest BCUT2D eigenvalue weighted by molar-refractivity contribution is -0.146. The van der Waals surface area contributed by atoms with E-state index in [9.17, 15) is 17.6 Å². The molecule has 0 radical (unpaired) electrons. The second-order valence-corrected chi connectivity index (χ2v) is 6.56. The van der Waals surface area contributed by atoms with Crippen LogP contribution in [-0.4, -0.2) is 27.2 Å². The van der Waals surface area contributed by atoms with Crippen LogP contribution in [0, 0.1) is 5.82 Å². The first-order valence-corrected chi connectivity index (χ1v) is 9.02. The zero-order valence-corrected chi connectivity index (χ0v) is 16.3. The Morgan fingerprint density at radius 3 is 2.45 bits per heavy atom. The molecule has 0 saturated carbocycles. The van der Waals surface area contributed by atoms with Gasteiger partial charge in [-0.3, -0.25) is 0 Å². The molecule has 7 nitrogen and oxygen atoms in total. The van der Waals surface area contributed by atoms with Crippen molar-refractivity contribution in [3.63, 3.8) is 0 Å². The van der Waals surface area contributed by atoms with Crippen LogP contribution in [0.3, 0.4) is 0 Å². The fourth-order valence-corrected chi connectivity index (χ4v) is 3.10. The zero-order chi connectivity index (χ0) is 22.2. The predicted octanol–water partition coefficient (Wildman–Crippen LogP) is 5.08. The summed E-state index contributed by atoms with van der Waals surface area (Å²) in [4.78, 5) is 13.6. The monoisotopic (exact) mass is 433 g/mol. The van der Waals surface area contributed by atoms with Crippen LogP contribution >= 0.6 is 0 Å². The van der Waals surface area contributed by atoms with E-state index in [1.165, 1.54) is 37.7 Å². The van der Waals surface area contributed by atoms with Crippen LogP contribution in [0.2, 0.25) is 0 Å². The molecule has 1 unspecified atom stereocenters. The number of rotatable bonds is 5. The standard InChI is InChI=1S/C20H15F4N5O2/c1-11(18-27-19(28-31-18)20(22,23)24)29(13-5-3-12(21)4-6-13)17-15-8-7-14(30-2)9-16(15)25-10-26-17/h3-11H,1-2H3. The van der Waals surface area contributed by atoms with Gasteiger partial charge < -0.3 is 14.2 Å². The van der Waals surface area contributed by atoms with Crippen molar-refractivity contribution in [3.05, 3.63) is 66.3 Å². The number of alkyl halides is 3. The molecule has 160 valence electrons. The van der Waals surface area contributed by atoms with Gasteiger partial charge in [-0.15, -0.1) is 0 Å². The maximum absolute atomic E-state index is 13.5. The van der Waals surface area contributed by atoms with E-state index in [0.29, 0.717) is 28.2 Å². The van der Waals surface area contributed by atoms with Gasteiger partial charge in [0.15, 0.2) is 0 Å². The average Bonchev–Trinajstić information content (AvgIpc) is 3.26. The van der Waals surface area contributed by atoms with Crippen LogP contribution in [0.25, 0.3) is 10.9 Å². The third-order valence-electron chi connectivity index (χ3n) is 4.60. The van der Waals surface area contributed by atoms with Gasteiger partial charge in [0.05, 0.1) is 12.6 Å². The van der Waals surface area contributed by atoms with Crippen molar-refractivity contribution in [3.8, 4) is 5.75 Å². The number of fused-ring (bicyclic) bond motifs is 1. The second kappa shape index (κ2) is 7.82. The molecule has 0 fully saturated rings. The van der Waals surface area contributed by atoms with E-state index in [1.807, 2.05) is 0 Å². The van der Waals surface area contributed by atoms with E-state index in [2.05, 4.69) is 20.1 Å². The molecule has 0 bridgehead atoms. The van der Waals surface area contributed by atoms with Crippen LogP contribution in [0.5, 0.6) is 5.75 Å². The van der Waals surface area contributed by atoms with Crippen LogP contribution < -0.4 is 9.64 Å². The summed E-state index contributed by atoms with van der Waals surface area (Å²) in [6, 6.07) is 9.68. The second-order valence-electron chi connectivity index (χ2n) is 6.56. The molecule has 2 heterocycles. The van der Waals surface area contributed by atoms with Crippen molar-refractivity contribution in [2.75, 3.05) is 12.0 Å². The largest absolute Gasteiger partial charge is 0.497 e. The summed E-state index contributed by atoms with van der Waals surface area (Å²) < 4.78 is 62.5. The lowest BCUT2D eigenvalue weighted by Crippen LogP contribution is -2.23. The van der Waals surface area contributed by atoms with Crippen molar-refractivity contribution < 1.29 is 26.8 Å². The van der Waals surface area contributed by atoms with E-state index >= 15 is 0 Å². The van der Waals surface area contributed by atoms with Gasteiger partial charge in [-0.05, 0) is 43.3 Å². The first-order chi connectivity index (χ1) is 14.8. The maximum atomic E-state index is 13.5. The molecule has 0 N–H and O–H groups in total. The van der Waals surface area contributed by atoms with Crippen LogP contribution in [0.4, 0.5) is 29.1 Å². The number of hydrogen-bond donors (Lipinski definition) is 0. The highest BCUT2D eigenvalue weighted by Crippen LogP contribution is 2.38. The molecule has 2 aromatic carbocycles. The molecule has 11 heteroatoms. The highest BCUT2D eigenvalue weighted by atomic mass is 19.4. The van der Waals surface area contributed by atoms with Crippen molar-refractivity contribution in [2.45, 2.75) is 19.1 Å². The first-order valence-electron chi connectivity index (χ1n) is 9.02. The quantitative estimate of drug-likeness (QED) is 0.406. The summed E-state index contributed by atoms with van der Waals surface area (Å²) in [7, 11) is 1.52. The molecule has 0 saturated heterocycles. The number of hydrogen-bond acceptors (Lipinski definition) is 7. The highest BCUT2D eigenvalue weighted by Gasteiger charge is 2.38. The number of benzene rings is 2. The lowest BCUT2D eigenvalue weighted by atomic mass is 10.1. The van der Waals surface area contributed by atoms with Crippen molar-refractivity contribution in [1.29, 1.82) is 0 Å². The van der Waals surface area contributed by atoms with Crippen molar-refractivity contribution in [1.82, 2.24) is 20.1 Å². The maximum Gasteiger partial charge on any atom is 0.455 e. The van der Waals surface area contributed by atoms with E-state index in [4.69, 9.17) is 9.26 Å². The number of aromatic nitrogens is 4. The SMILES string of the molecule is COc1ccc2c(N(c3ccc(F)cc3)C(C)c3nc(C(F)(F)F)no3)ncnc2c1. The van der Waals surface area contributed by atoms with E-state index in [-0.39, 0.29) is 5.89 Å². The van der Waals surface area contributed by atoms with Gasteiger partial charge in [-0.2, -0.15) is 18.2 Å². The minimum atomic E-state index is -4.75. The molecule has 0 amide bonds. The Kier molecular flexibility index (Phi) is 5.17. The van der Waals surface area contributed by atoms with E-state index < -0.39 is 23.9 Å². The third kappa shape index (κ3) is 3.98. The van der Waals surface area contributed by atoms with E-state index in [0.717, 1.165) is 0 Å². The predicted molar refractivity (Wildman–Crippen MR) is 102 cm³/mol. The Labute approximate surface area is 173 Å². The summed E-state index contributed by atoms with van der Waals surface area (Å²) >= 11 is 0. The summed E-state index contributed by atoms with van der Waals surface area (Å²) in [6.45, 7) is 1.58. The molecule has 1 atom stereocenters. The minimum absolute atomic E-state index is 0.281. The number of ether oxygens (including phenoxy) is 1. The Morgan fingerprint density at radius 2 is 1.81 bits per heavy atom. The normalized spacial score (nSPS) is 12.7. The van der Waals surface area contributed by atoms with Gasteiger partial charge in [0.25, 0.3) is 5.82 Å². The van der Waals surface area contributed by atoms with Gasteiger partial charge in [-0.1, -0.05) is 5.16 Å². The Balaban J connectivity index is 1.87. The number of anilines is 2. The van der Waals surface area contributed by atoms with Gasteiger partial charge in [-0.25, -0.2) is 14.4 Å². The molecule has 0 aliphatic carbocycles. The number of halogens is 4. The number of methoxy groups -OCH3 is 1. The Morgan fingerprint density at radius 1 is 1.06 bits per heavy atom. The summed E-state index contributed by atoms with van der Waals surface area (Å²) in [5.41, 5.74) is 1.00. The fourth-order valence-electron chi connectivity index (χ4n) is 3.10. The molecule has 2 aromatic heterocycles. The minimum Gasteiger partial charge on any atom is -0.497 e. The summed E-state index contributed by atoms with van der Waals surface area (Å²) in [5, 5.41) is 3.62. The van der Waals surface area contributed by atoms with E-state index in [1.54, 1.807) is 30.0 Å². The van der Waals surface area contributed by atoms with Crippen LogP contribution in [0.15, 0.2) is 53.3 Å². The number of nitrogens with zero attached hydrogens (tertiary/aromatic N) is 5. The zero-order valence-electron chi connectivity index (χ0n) is 16.3. The summed E-state index contributed by atoms with van der Waals surface area (Å²) in [5.74, 6) is -1.20. The molecule has 0 spiro atoms. The molecule has 31 heavy (non-hydrogen) atoms. The highest BCUT2D eigenvalue weighted by molar-refractivity contribution is 5.92. The van der Waals surface area contributed by atoms with Crippen molar-refractivity contribution >= 4 is 22.4 Å². The lowest BCUT2D eigenvalue weighted by Gasteiger charge is -2.29. The Hall–Kier alpha value is -3.76. The smallest absolute Gasteiger partial charge is 0.455 e. The first kappa shape index (κ1) is 20.5. The van der Waals surface area contributed by atoms with Gasteiger partial charge >= 0.3 is 6.18 Å². The van der Waals surface area contributed by atoms with Crippen molar-refractivity contribution in [2.24, 2.45) is 0 Å². The Bertz CT molecular complexity index is 1210. The van der Waals surface area contributed by atoms with Gasteiger partial charge in [0, 0.05) is 17.1 Å². The topological polar surface area (TPSA) is 77.2 Å². The van der Waals surface area contributed by atoms with Gasteiger partial charge in [0.2, 0.25) is 5.89 Å². The molecular weight excluding hydrogens is 418 g/mol. The summed E-state index contributed by atoms with van der Waals surface area (Å²) in [6.07, 6.45) is -3.43. The molecule has 4 aromatic rings. The molecule has 0 aliphatic heterocycles. The fraction of sp³-hybridized carbons (Fsp3) is 0.200. The molecule has 0 aliphatic rings. The third-order valence-corrected chi connectivity index (χ3v) is 4.60. The van der Waals surface area contributed by atoms with Crippen LogP contribution in [0.1, 0.15) is 24.7 Å². The van der Waals surface area contributed by atoms with Gasteiger partial charge in [0.1, 0.15) is 29.8 Å². The molecule has 4 rings (SSSR count).